The van der Waals surface area contributed by atoms with Crippen LogP contribution in [0.15, 0.2) is 65.6 Å². The molecular weight excluding hydrogens is 372 g/mol. The lowest BCUT2D eigenvalue weighted by Gasteiger charge is -2.11. The quantitative estimate of drug-likeness (QED) is 0.515. The van der Waals surface area contributed by atoms with E-state index in [0.717, 1.165) is 10.2 Å². The van der Waals surface area contributed by atoms with E-state index in [4.69, 9.17) is 9.47 Å². The molecule has 29 heavy (non-hydrogen) atoms. The van der Waals surface area contributed by atoms with Gasteiger partial charge in [0, 0.05) is 28.6 Å². The van der Waals surface area contributed by atoms with E-state index < -0.39 is 17.4 Å². The van der Waals surface area contributed by atoms with Crippen molar-refractivity contribution in [1.82, 2.24) is 4.68 Å². The Hall–Kier alpha value is -3.87. The number of benzene rings is 2. The summed E-state index contributed by atoms with van der Waals surface area (Å²) in [6.45, 7) is 2.37. The number of nitrogens with zero attached hydrogens (tertiary/aromatic N) is 1. The molecule has 7 nitrogen and oxygen atoms in total. The molecule has 148 valence electrons. The van der Waals surface area contributed by atoms with Gasteiger partial charge in [-0.3, -0.25) is 15.0 Å². The van der Waals surface area contributed by atoms with Gasteiger partial charge in [-0.25, -0.2) is 9.47 Å². The van der Waals surface area contributed by atoms with Crippen molar-refractivity contribution in [3.63, 3.8) is 0 Å². The molecule has 3 rings (SSSR count). The SMILES string of the molecule is CCOc1ccccc1/C=C/C(=O)Nn1cc(C(=O)OC)c2ccccc2c1=O. The fourth-order valence-corrected chi connectivity index (χ4v) is 2.87. The number of ether oxygens (including phenoxy) is 2. The lowest BCUT2D eigenvalue weighted by Crippen LogP contribution is -2.33. The van der Waals surface area contributed by atoms with Gasteiger partial charge in [0.25, 0.3) is 11.5 Å². The van der Waals surface area contributed by atoms with Gasteiger partial charge in [-0.05, 0) is 25.1 Å². The molecule has 0 aliphatic carbocycles. The minimum absolute atomic E-state index is 0.175. The molecule has 0 bridgehead atoms. The average Bonchev–Trinajstić information content (AvgIpc) is 2.75. The van der Waals surface area contributed by atoms with Crippen LogP contribution in [0.5, 0.6) is 5.75 Å². The van der Waals surface area contributed by atoms with Gasteiger partial charge in [0.15, 0.2) is 0 Å². The molecule has 1 aromatic heterocycles. The summed E-state index contributed by atoms with van der Waals surface area (Å²) in [5.74, 6) is -0.496. The number of fused-ring (bicyclic) bond motifs is 1. The first kappa shape index (κ1) is 19.9. The Morgan fingerprint density at radius 1 is 1.07 bits per heavy atom. The van der Waals surface area contributed by atoms with Gasteiger partial charge in [-0.2, -0.15) is 0 Å². The number of pyridine rings is 1. The maximum Gasteiger partial charge on any atom is 0.340 e. The van der Waals surface area contributed by atoms with E-state index in [1.165, 1.54) is 19.4 Å². The van der Waals surface area contributed by atoms with Crippen LogP contribution in [0.3, 0.4) is 0 Å². The topological polar surface area (TPSA) is 86.6 Å². The van der Waals surface area contributed by atoms with Crippen LogP contribution >= 0.6 is 0 Å². The summed E-state index contributed by atoms with van der Waals surface area (Å²) < 4.78 is 11.3. The van der Waals surface area contributed by atoms with E-state index in [2.05, 4.69) is 5.43 Å². The number of methoxy groups -OCH3 is 1. The van der Waals surface area contributed by atoms with E-state index in [0.29, 0.717) is 23.1 Å². The molecule has 1 heterocycles. The normalized spacial score (nSPS) is 10.8. The molecule has 1 amide bonds. The van der Waals surface area contributed by atoms with Crippen molar-refractivity contribution in [2.24, 2.45) is 0 Å². The summed E-state index contributed by atoms with van der Waals surface area (Å²) in [7, 11) is 1.25. The number of hydrogen-bond acceptors (Lipinski definition) is 5. The van der Waals surface area contributed by atoms with Gasteiger partial charge in [0.05, 0.1) is 19.3 Å². The van der Waals surface area contributed by atoms with Crippen molar-refractivity contribution in [3.05, 3.63) is 82.3 Å². The first-order chi connectivity index (χ1) is 14.0. The van der Waals surface area contributed by atoms with Crippen molar-refractivity contribution in [2.45, 2.75) is 6.92 Å². The lowest BCUT2D eigenvalue weighted by molar-refractivity contribution is -0.112. The molecular formula is C22H20N2O5. The Bertz CT molecular complexity index is 1150. The largest absolute Gasteiger partial charge is 0.493 e. The standard InChI is InChI=1S/C22H20N2O5/c1-3-29-19-11-7-4-8-15(19)12-13-20(25)23-24-14-18(22(27)28-2)16-9-5-6-10-17(16)21(24)26/h4-14H,3H2,1-2H3,(H,23,25)/b13-12+. The van der Waals surface area contributed by atoms with Gasteiger partial charge in [0.1, 0.15) is 5.75 Å². The Labute approximate surface area is 167 Å². The van der Waals surface area contributed by atoms with E-state index in [1.807, 2.05) is 25.1 Å². The molecule has 2 aromatic carbocycles. The first-order valence-electron chi connectivity index (χ1n) is 8.98. The van der Waals surface area contributed by atoms with E-state index in [1.54, 1.807) is 36.4 Å². The third-order valence-electron chi connectivity index (χ3n) is 4.19. The summed E-state index contributed by atoms with van der Waals surface area (Å²) in [5.41, 5.74) is 2.92. The van der Waals surface area contributed by atoms with Gasteiger partial charge >= 0.3 is 5.97 Å². The number of rotatable bonds is 6. The Balaban J connectivity index is 1.92. The highest BCUT2D eigenvalue weighted by atomic mass is 16.5. The van der Waals surface area contributed by atoms with Crippen LogP contribution in [0.4, 0.5) is 0 Å². The average molecular weight is 392 g/mol. The second-order valence-electron chi connectivity index (χ2n) is 6.04. The van der Waals surface area contributed by atoms with Gasteiger partial charge in [-0.15, -0.1) is 0 Å². The Kier molecular flexibility index (Phi) is 6.09. The number of hydrogen-bond donors (Lipinski definition) is 1. The maximum atomic E-state index is 12.7. The molecule has 3 aromatic rings. The molecule has 0 radical (unpaired) electrons. The summed E-state index contributed by atoms with van der Waals surface area (Å²) in [6, 6.07) is 13.9. The summed E-state index contributed by atoms with van der Waals surface area (Å²) >= 11 is 0. The van der Waals surface area contributed by atoms with Gasteiger partial charge in [0.2, 0.25) is 0 Å². The number of esters is 1. The summed E-state index contributed by atoms with van der Waals surface area (Å²) in [6.07, 6.45) is 4.14. The van der Waals surface area contributed by atoms with E-state index in [9.17, 15) is 14.4 Å². The molecule has 0 aliphatic heterocycles. The maximum absolute atomic E-state index is 12.7. The molecule has 0 saturated carbocycles. The van der Waals surface area contributed by atoms with Crippen LogP contribution in [-0.4, -0.2) is 30.3 Å². The zero-order valence-corrected chi connectivity index (χ0v) is 16.0. The number of amides is 1. The van der Waals surface area contributed by atoms with Crippen LogP contribution in [0.2, 0.25) is 0 Å². The van der Waals surface area contributed by atoms with E-state index in [-0.39, 0.29) is 5.56 Å². The van der Waals surface area contributed by atoms with Crippen molar-refractivity contribution < 1.29 is 19.1 Å². The smallest absolute Gasteiger partial charge is 0.340 e. The predicted octanol–water partition coefficient (Wildman–Crippen LogP) is 2.97. The van der Waals surface area contributed by atoms with Crippen LogP contribution in [0.1, 0.15) is 22.8 Å². The van der Waals surface area contributed by atoms with Crippen molar-refractivity contribution in [2.75, 3.05) is 19.1 Å². The van der Waals surface area contributed by atoms with Gasteiger partial charge < -0.3 is 9.47 Å². The lowest BCUT2D eigenvalue weighted by atomic mass is 10.1. The molecule has 0 fully saturated rings. The minimum Gasteiger partial charge on any atom is -0.493 e. The number of carbonyl (C=O) groups excluding carboxylic acids is 2. The molecule has 0 aliphatic rings. The third kappa shape index (κ3) is 4.35. The Morgan fingerprint density at radius 2 is 1.76 bits per heavy atom. The molecule has 0 unspecified atom stereocenters. The molecule has 0 atom stereocenters. The summed E-state index contributed by atoms with van der Waals surface area (Å²) in [4.78, 5) is 37.2. The van der Waals surface area contributed by atoms with Crippen LogP contribution in [-0.2, 0) is 9.53 Å². The zero-order valence-electron chi connectivity index (χ0n) is 16.0. The minimum atomic E-state index is -0.606. The fourth-order valence-electron chi connectivity index (χ4n) is 2.87. The van der Waals surface area contributed by atoms with Crippen molar-refractivity contribution in [3.8, 4) is 5.75 Å². The van der Waals surface area contributed by atoms with Gasteiger partial charge in [-0.1, -0.05) is 36.4 Å². The Morgan fingerprint density at radius 3 is 2.48 bits per heavy atom. The van der Waals surface area contributed by atoms with Crippen molar-refractivity contribution >= 4 is 28.7 Å². The molecule has 1 N–H and O–H groups in total. The second-order valence-corrected chi connectivity index (χ2v) is 6.04. The molecule has 0 saturated heterocycles. The van der Waals surface area contributed by atoms with Crippen LogP contribution < -0.4 is 15.7 Å². The monoisotopic (exact) mass is 392 g/mol. The molecule has 7 heteroatoms. The second kappa shape index (κ2) is 8.88. The fraction of sp³-hybridized carbons (Fsp3) is 0.136. The molecule has 0 spiro atoms. The number of nitrogens with one attached hydrogen (secondary N) is 1. The van der Waals surface area contributed by atoms with Crippen LogP contribution in [0, 0.1) is 0 Å². The van der Waals surface area contributed by atoms with E-state index >= 15 is 0 Å². The number of carbonyl (C=O) groups is 2. The predicted molar refractivity (Wildman–Crippen MR) is 111 cm³/mol. The first-order valence-corrected chi connectivity index (χ1v) is 8.98. The number of aromatic nitrogens is 1. The zero-order chi connectivity index (χ0) is 20.8. The third-order valence-corrected chi connectivity index (χ3v) is 4.19. The summed E-state index contributed by atoms with van der Waals surface area (Å²) in [5, 5.41) is 0.748. The van der Waals surface area contributed by atoms with Crippen LogP contribution in [0.25, 0.3) is 16.8 Å². The highest BCUT2D eigenvalue weighted by Gasteiger charge is 2.15. The highest BCUT2D eigenvalue weighted by Crippen LogP contribution is 2.19. The number of para-hydroxylation sites is 1. The highest BCUT2D eigenvalue weighted by molar-refractivity contribution is 6.04. The van der Waals surface area contributed by atoms with Crippen molar-refractivity contribution in [1.29, 1.82) is 0 Å².